The minimum atomic E-state index is -0.736. The number of imide groups is 1. The Kier molecular flexibility index (Phi) is 3.11. The Morgan fingerprint density at radius 3 is 2.63 bits per heavy atom. The van der Waals surface area contributed by atoms with E-state index in [1.54, 1.807) is 13.8 Å². The molecule has 1 heterocycles. The summed E-state index contributed by atoms with van der Waals surface area (Å²) < 4.78 is 13.6. The highest BCUT2D eigenvalue weighted by Gasteiger charge is 2.44. The quantitative estimate of drug-likeness (QED) is 0.764. The topological polar surface area (TPSA) is 61.2 Å². The van der Waals surface area contributed by atoms with Crippen LogP contribution in [0.2, 0.25) is 0 Å². The van der Waals surface area contributed by atoms with Crippen LogP contribution in [0.5, 0.6) is 0 Å². The second-order valence-corrected chi connectivity index (χ2v) is 5.26. The third-order valence-electron chi connectivity index (χ3n) is 3.22. The number of benzene rings is 1. The summed E-state index contributed by atoms with van der Waals surface area (Å²) in [7, 11) is 0. The molecule has 1 aliphatic heterocycles. The summed E-state index contributed by atoms with van der Waals surface area (Å²) in [6.07, 6.45) is 0.130. The molecule has 0 saturated carbocycles. The first-order chi connectivity index (χ1) is 8.85. The molecule has 0 spiro atoms. The highest BCUT2D eigenvalue weighted by atomic mass is 19.1. The van der Waals surface area contributed by atoms with Gasteiger partial charge in [0.25, 0.3) is 0 Å². The maximum absolute atomic E-state index is 13.6. The van der Waals surface area contributed by atoms with E-state index in [9.17, 15) is 14.0 Å². The molecular formula is C14H13FN2O2. The first kappa shape index (κ1) is 13.2. The number of carbonyl (C=O) groups excluding carboxylic acids is 2. The van der Waals surface area contributed by atoms with Gasteiger partial charge in [0.1, 0.15) is 5.82 Å². The van der Waals surface area contributed by atoms with Gasteiger partial charge in [0, 0.05) is 12.0 Å². The van der Waals surface area contributed by atoms with E-state index in [1.165, 1.54) is 18.2 Å². The summed E-state index contributed by atoms with van der Waals surface area (Å²) in [5.74, 6) is -1.14. The van der Waals surface area contributed by atoms with Gasteiger partial charge in [-0.05, 0) is 18.2 Å². The van der Waals surface area contributed by atoms with Crippen molar-refractivity contribution in [1.82, 2.24) is 4.90 Å². The van der Waals surface area contributed by atoms with Crippen LogP contribution in [0, 0.1) is 22.6 Å². The van der Waals surface area contributed by atoms with Crippen molar-refractivity contribution in [2.75, 3.05) is 0 Å². The Morgan fingerprint density at radius 1 is 1.42 bits per heavy atom. The van der Waals surface area contributed by atoms with E-state index in [-0.39, 0.29) is 30.3 Å². The Labute approximate surface area is 110 Å². The maximum atomic E-state index is 13.6. The number of hydrogen-bond donors (Lipinski definition) is 0. The third kappa shape index (κ3) is 2.34. The van der Waals surface area contributed by atoms with Crippen molar-refractivity contribution in [1.29, 1.82) is 5.26 Å². The second kappa shape index (κ2) is 4.47. The smallest absolute Gasteiger partial charge is 0.235 e. The van der Waals surface area contributed by atoms with Crippen molar-refractivity contribution in [3.63, 3.8) is 0 Å². The molecule has 5 heteroatoms. The lowest BCUT2D eigenvalue weighted by Gasteiger charge is -2.18. The number of rotatable bonds is 2. The number of nitriles is 1. The SMILES string of the molecule is CC1(C)CC(=O)N(Cc2cc(C#N)ccc2F)C1=O. The van der Waals surface area contributed by atoms with Crippen LogP contribution in [0.15, 0.2) is 18.2 Å². The fourth-order valence-corrected chi connectivity index (χ4v) is 2.12. The largest absolute Gasteiger partial charge is 0.278 e. The zero-order chi connectivity index (χ0) is 14.2. The summed E-state index contributed by atoms with van der Waals surface area (Å²) >= 11 is 0. The van der Waals surface area contributed by atoms with Crippen LogP contribution >= 0.6 is 0 Å². The molecule has 0 aromatic heterocycles. The molecule has 0 radical (unpaired) electrons. The zero-order valence-corrected chi connectivity index (χ0v) is 10.7. The molecule has 2 amide bonds. The Balaban J connectivity index is 2.30. The average Bonchev–Trinajstić information content (AvgIpc) is 2.54. The molecule has 2 rings (SSSR count). The van der Waals surface area contributed by atoms with E-state index in [0.29, 0.717) is 5.56 Å². The predicted octanol–water partition coefficient (Wildman–Crippen LogP) is 1.98. The van der Waals surface area contributed by atoms with E-state index >= 15 is 0 Å². The zero-order valence-electron chi connectivity index (χ0n) is 10.7. The van der Waals surface area contributed by atoms with Gasteiger partial charge in [-0.1, -0.05) is 13.8 Å². The predicted molar refractivity (Wildman–Crippen MR) is 65.1 cm³/mol. The van der Waals surface area contributed by atoms with E-state index < -0.39 is 11.2 Å². The monoisotopic (exact) mass is 260 g/mol. The summed E-state index contributed by atoms with van der Waals surface area (Å²) in [6.45, 7) is 3.26. The number of halogens is 1. The van der Waals surface area contributed by atoms with Crippen LogP contribution in [-0.2, 0) is 16.1 Å². The lowest BCUT2D eigenvalue weighted by Crippen LogP contribution is -2.32. The molecule has 4 nitrogen and oxygen atoms in total. The lowest BCUT2D eigenvalue weighted by atomic mass is 9.92. The van der Waals surface area contributed by atoms with E-state index in [0.717, 1.165) is 4.90 Å². The van der Waals surface area contributed by atoms with Crippen molar-refractivity contribution in [3.8, 4) is 6.07 Å². The van der Waals surface area contributed by atoms with Crippen LogP contribution in [0.3, 0.4) is 0 Å². The van der Waals surface area contributed by atoms with Gasteiger partial charge in [-0.15, -0.1) is 0 Å². The molecule has 0 bridgehead atoms. The van der Waals surface area contributed by atoms with Crippen molar-refractivity contribution < 1.29 is 14.0 Å². The van der Waals surface area contributed by atoms with Gasteiger partial charge in [-0.3, -0.25) is 14.5 Å². The van der Waals surface area contributed by atoms with Crippen molar-refractivity contribution in [2.45, 2.75) is 26.8 Å². The van der Waals surface area contributed by atoms with Crippen LogP contribution in [-0.4, -0.2) is 16.7 Å². The standard InChI is InChI=1S/C14H13FN2O2/c1-14(2)6-12(18)17(13(14)19)8-10-5-9(7-16)3-4-11(10)15/h3-5H,6,8H2,1-2H3. The molecule has 0 atom stereocenters. The molecule has 1 aromatic rings. The van der Waals surface area contributed by atoms with E-state index in [2.05, 4.69) is 0 Å². The van der Waals surface area contributed by atoms with Gasteiger partial charge in [0.15, 0.2) is 0 Å². The maximum Gasteiger partial charge on any atom is 0.235 e. The van der Waals surface area contributed by atoms with E-state index in [1.807, 2.05) is 6.07 Å². The fraction of sp³-hybridized carbons (Fsp3) is 0.357. The van der Waals surface area contributed by atoms with E-state index in [4.69, 9.17) is 5.26 Å². The van der Waals surface area contributed by atoms with Crippen LogP contribution in [0.25, 0.3) is 0 Å². The fourth-order valence-electron chi connectivity index (χ4n) is 2.12. The molecule has 1 saturated heterocycles. The van der Waals surface area contributed by atoms with Gasteiger partial charge >= 0.3 is 0 Å². The molecule has 0 N–H and O–H groups in total. The molecular weight excluding hydrogens is 247 g/mol. The first-order valence-electron chi connectivity index (χ1n) is 5.88. The molecule has 0 aliphatic carbocycles. The van der Waals surface area contributed by atoms with Crippen molar-refractivity contribution in [3.05, 3.63) is 35.1 Å². The van der Waals surface area contributed by atoms with Gasteiger partial charge in [0.05, 0.1) is 23.6 Å². The minimum absolute atomic E-state index is 0.123. The first-order valence-corrected chi connectivity index (χ1v) is 5.88. The summed E-state index contributed by atoms with van der Waals surface area (Å²) in [5, 5.41) is 8.78. The van der Waals surface area contributed by atoms with Crippen molar-refractivity contribution in [2.24, 2.45) is 5.41 Å². The van der Waals surface area contributed by atoms with Crippen LogP contribution < -0.4 is 0 Å². The van der Waals surface area contributed by atoms with Gasteiger partial charge in [-0.2, -0.15) is 5.26 Å². The number of hydrogen-bond acceptors (Lipinski definition) is 3. The highest BCUT2D eigenvalue weighted by Crippen LogP contribution is 2.32. The molecule has 1 aliphatic rings. The average molecular weight is 260 g/mol. The molecule has 1 fully saturated rings. The highest BCUT2D eigenvalue weighted by molar-refractivity contribution is 6.05. The molecule has 1 aromatic carbocycles. The Bertz CT molecular complexity index is 602. The number of amides is 2. The number of likely N-dealkylation sites (tertiary alicyclic amines) is 1. The second-order valence-electron chi connectivity index (χ2n) is 5.26. The van der Waals surface area contributed by atoms with Crippen molar-refractivity contribution >= 4 is 11.8 Å². The summed E-state index contributed by atoms with van der Waals surface area (Å²) in [5.41, 5.74) is -0.256. The van der Waals surface area contributed by atoms with Crippen LogP contribution in [0.1, 0.15) is 31.4 Å². The number of carbonyl (C=O) groups is 2. The Morgan fingerprint density at radius 2 is 2.11 bits per heavy atom. The number of nitrogens with zero attached hydrogens (tertiary/aromatic N) is 2. The molecule has 0 unspecified atom stereocenters. The summed E-state index contributed by atoms with van der Waals surface area (Å²) in [4.78, 5) is 24.9. The van der Waals surface area contributed by atoms with Crippen LogP contribution in [0.4, 0.5) is 4.39 Å². The van der Waals surface area contributed by atoms with Gasteiger partial charge in [0.2, 0.25) is 11.8 Å². The molecule has 98 valence electrons. The summed E-state index contributed by atoms with van der Waals surface area (Å²) in [6, 6.07) is 5.79. The normalized spacial score (nSPS) is 17.7. The third-order valence-corrected chi connectivity index (χ3v) is 3.22. The minimum Gasteiger partial charge on any atom is -0.278 e. The van der Waals surface area contributed by atoms with Gasteiger partial charge in [-0.25, -0.2) is 4.39 Å². The lowest BCUT2D eigenvalue weighted by molar-refractivity contribution is -0.141. The van der Waals surface area contributed by atoms with Gasteiger partial charge < -0.3 is 0 Å². The Hall–Kier alpha value is -2.22. The molecule has 19 heavy (non-hydrogen) atoms.